The standard InChI is InChI=1S/C17H25F3N2/c1-11(2)16(22-10-12(3)21-9-13(22)4)14-5-7-15(8-6-14)17(18,19)20/h5-8,11-13,16,21H,9-10H2,1-4H3/t12-,13+,16?/m0/s1. The Kier molecular flexibility index (Phi) is 5.17. The van der Waals surface area contributed by atoms with Crippen LogP contribution in [-0.2, 0) is 6.18 Å². The summed E-state index contributed by atoms with van der Waals surface area (Å²) in [5.74, 6) is 0.337. The second-order valence-corrected chi connectivity index (χ2v) is 6.66. The number of nitrogens with one attached hydrogen (secondary N) is 1. The summed E-state index contributed by atoms with van der Waals surface area (Å²) in [5, 5.41) is 3.45. The Morgan fingerprint density at radius 3 is 2.23 bits per heavy atom. The van der Waals surface area contributed by atoms with Crippen LogP contribution in [0.1, 0.15) is 44.9 Å². The summed E-state index contributed by atoms with van der Waals surface area (Å²) in [7, 11) is 0. The molecule has 0 radical (unpaired) electrons. The van der Waals surface area contributed by atoms with Crippen molar-refractivity contribution in [3.63, 3.8) is 0 Å². The summed E-state index contributed by atoms with van der Waals surface area (Å²) in [6.45, 7) is 10.4. The summed E-state index contributed by atoms with van der Waals surface area (Å²) in [6.07, 6.45) is -4.28. The van der Waals surface area contributed by atoms with E-state index in [0.717, 1.165) is 18.7 Å². The number of nitrogens with zero attached hydrogens (tertiary/aromatic N) is 1. The molecule has 0 aliphatic carbocycles. The van der Waals surface area contributed by atoms with Crippen LogP contribution in [0.25, 0.3) is 0 Å². The fourth-order valence-corrected chi connectivity index (χ4v) is 3.27. The van der Waals surface area contributed by atoms with Crippen molar-refractivity contribution in [1.82, 2.24) is 10.2 Å². The summed E-state index contributed by atoms with van der Waals surface area (Å²) < 4.78 is 38.2. The van der Waals surface area contributed by atoms with Gasteiger partial charge < -0.3 is 5.32 Å². The molecule has 2 nitrogen and oxygen atoms in total. The van der Waals surface area contributed by atoms with Gasteiger partial charge in [0.25, 0.3) is 0 Å². The quantitative estimate of drug-likeness (QED) is 0.904. The van der Waals surface area contributed by atoms with Crippen molar-refractivity contribution in [2.24, 2.45) is 5.92 Å². The van der Waals surface area contributed by atoms with Gasteiger partial charge >= 0.3 is 6.18 Å². The zero-order valence-corrected chi connectivity index (χ0v) is 13.6. The SMILES string of the molecule is CC(C)C(c1ccc(C(F)(F)F)cc1)N1C[C@H](C)NC[C@H]1C. The minimum atomic E-state index is -4.28. The van der Waals surface area contributed by atoms with E-state index in [4.69, 9.17) is 0 Å². The Balaban J connectivity index is 2.28. The van der Waals surface area contributed by atoms with E-state index >= 15 is 0 Å². The summed E-state index contributed by atoms with van der Waals surface area (Å²) >= 11 is 0. The summed E-state index contributed by atoms with van der Waals surface area (Å²) in [4.78, 5) is 2.41. The molecule has 22 heavy (non-hydrogen) atoms. The number of hydrogen-bond donors (Lipinski definition) is 1. The van der Waals surface area contributed by atoms with Gasteiger partial charge in [0.05, 0.1) is 5.56 Å². The molecule has 0 aromatic heterocycles. The first kappa shape index (κ1) is 17.3. The highest BCUT2D eigenvalue weighted by Gasteiger charge is 2.33. The van der Waals surface area contributed by atoms with Crippen LogP contribution in [0.15, 0.2) is 24.3 Å². The molecule has 1 fully saturated rings. The molecule has 1 aromatic carbocycles. The predicted octanol–water partition coefficient (Wildman–Crippen LogP) is 4.08. The fourth-order valence-electron chi connectivity index (χ4n) is 3.27. The highest BCUT2D eigenvalue weighted by Crippen LogP contribution is 2.34. The number of rotatable bonds is 3. The third kappa shape index (κ3) is 3.82. The van der Waals surface area contributed by atoms with Gasteiger partial charge in [0.15, 0.2) is 0 Å². The Morgan fingerprint density at radius 1 is 1.14 bits per heavy atom. The van der Waals surface area contributed by atoms with Crippen molar-refractivity contribution in [3.8, 4) is 0 Å². The van der Waals surface area contributed by atoms with Crippen LogP contribution in [0, 0.1) is 5.92 Å². The molecule has 1 N–H and O–H groups in total. The molecule has 1 heterocycles. The average Bonchev–Trinajstić information content (AvgIpc) is 2.42. The Bertz CT molecular complexity index is 482. The van der Waals surface area contributed by atoms with Gasteiger partial charge in [-0.2, -0.15) is 13.2 Å². The maximum absolute atomic E-state index is 12.7. The van der Waals surface area contributed by atoms with Crippen molar-refractivity contribution in [3.05, 3.63) is 35.4 Å². The number of alkyl halides is 3. The maximum atomic E-state index is 12.7. The number of benzene rings is 1. The summed E-state index contributed by atoms with van der Waals surface area (Å²) in [5.41, 5.74) is 0.379. The van der Waals surface area contributed by atoms with E-state index < -0.39 is 11.7 Å². The van der Waals surface area contributed by atoms with Crippen molar-refractivity contribution >= 4 is 0 Å². The summed E-state index contributed by atoms with van der Waals surface area (Å²) in [6, 6.07) is 6.56. The minimum absolute atomic E-state index is 0.141. The lowest BCUT2D eigenvalue weighted by molar-refractivity contribution is -0.137. The second kappa shape index (κ2) is 6.59. The Hall–Kier alpha value is -1.07. The number of piperazine rings is 1. The molecule has 0 saturated carbocycles. The first-order valence-electron chi connectivity index (χ1n) is 7.86. The van der Waals surface area contributed by atoms with Gasteiger partial charge in [-0.1, -0.05) is 26.0 Å². The van der Waals surface area contributed by atoms with Gasteiger partial charge in [-0.05, 0) is 37.5 Å². The highest BCUT2D eigenvalue weighted by molar-refractivity contribution is 5.27. The third-order valence-corrected chi connectivity index (χ3v) is 4.38. The Morgan fingerprint density at radius 2 is 1.73 bits per heavy atom. The van der Waals surface area contributed by atoms with Crippen LogP contribution in [0.4, 0.5) is 13.2 Å². The van der Waals surface area contributed by atoms with Gasteiger partial charge in [-0.3, -0.25) is 4.90 Å². The van der Waals surface area contributed by atoms with Crippen molar-refractivity contribution in [2.45, 2.75) is 52.0 Å². The first-order valence-corrected chi connectivity index (χ1v) is 7.86. The topological polar surface area (TPSA) is 15.3 Å². The van der Waals surface area contributed by atoms with Crippen LogP contribution in [0.5, 0.6) is 0 Å². The average molecular weight is 314 g/mol. The van der Waals surface area contributed by atoms with E-state index in [2.05, 4.69) is 37.9 Å². The number of hydrogen-bond acceptors (Lipinski definition) is 2. The van der Waals surface area contributed by atoms with Gasteiger partial charge in [0.2, 0.25) is 0 Å². The molecule has 0 spiro atoms. The lowest BCUT2D eigenvalue weighted by Gasteiger charge is -2.44. The van der Waals surface area contributed by atoms with Crippen LogP contribution >= 0.6 is 0 Å². The van der Waals surface area contributed by atoms with Crippen LogP contribution < -0.4 is 5.32 Å². The maximum Gasteiger partial charge on any atom is 0.416 e. The van der Waals surface area contributed by atoms with Gasteiger partial charge in [-0.25, -0.2) is 0 Å². The van der Waals surface area contributed by atoms with E-state index in [-0.39, 0.29) is 6.04 Å². The van der Waals surface area contributed by atoms with Crippen molar-refractivity contribution < 1.29 is 13.2 Å². The zero-order chi connectivity index (χ0) is 16.5. The van der Waals surface area contributed by atoms with E-state index in [1.807, 2.05) is 0 Å². The molecular weight excluding hydrogens is 289 g/mol. The molecule has 2 rings (SSSR count). The third-order valence-electron chi connectivity index (χ3n) is 4.38. The molecule has 5 heteroatoms. The Labute approximate surface area is 130 Å². The normalized spacial score (nSPS) is 25.5. The predicted molar refractivity (Wildman–Crippen MR) is 82.7 cm³/mol. The molecule has 1 aromatic rings. The van der Waals surface area contributed by atoms with E-state index in [1.54, 1.807) is 12.1 Å². The lowest BCUT2D eigenvalue weighted by atomic mass is 9.91. The minimum Gasteiger partial charge on any atom is -0.311 e. The lowest BCUT2D eigenvalue weighted by Crippen LogP contribution is -2.56. The molecule has 1 aliphatic rings. The molecular formula is C17H25F3N2. The second-order valence-electron chi connectivity index (χ2n) is 6.66. The molecule has 3 atom stereocenters. The molecule has 1 aliphatic heterocycles. The van der Waals surface area contributed by atoms with Crippen molar-refractivity contribution in [2.75, 3.05) is 13.1 Å². The van der Waals surface area contributed by atoms with Crippen LogP contribution in [0.3, 0.4) is 0 Å². The van der Waals surface area contributed by atoms with E-state index in [9.17, 15) is 13.2 Å². The molecule has 1 saturated heterocycles. The molecule has 0 bridgehead atoms. The largest absolute Gasteiger partial charge is 0.416 e. The smallest absolute Gasteiger partial charge is 0.311 e. The monoisotopic (exact) mass is 314 g/mol. The molecule has 1 unspecified atom stereocenters. The van der Waals surface area contributed by atoms with Gasteiger partial charge in [0, 0.05) is 31.2 Å². The van der Waals surface area contributed by atoms with Crippen LogP contribution in [0.2, 0.25) is 0 Å². The molecule has 124 valence electrons. The zero-order valence-electron chi connectivity index (χ0n) is 13.6. The first-order chi connectivity index (χ1) is 10.2. The van der Waals surface area contributed by atoms with Crippen LogP contribution in [-0.4, -0.2) is 30.1 Å². The number of halogens is 3. The van der Waals surface area contributed by atoms with Gasteiger partial charge in [0.1, 0.15) is 0 Å². The van der Waals surface area contributed by atoms with E-state index in [1.165, 1.54) is 12.1 Å². The van der Waals surface area contributed by atoms with Gasteiger partial charge in [-0.15, -0.1) is 0 Å². The van der Waals surface area contributed by atoms with Crippen molar-refractivity contribution in [1.29, 1.82) is 0 Å². The highest BCUT2D eigenvalue weighted by atomic mass is 19.4. The fraction of sp³-hybridized carbons (Fsp3) is 0.647. The van der Waals surface area contributed by atoms with E-state index in [0.29, 0.717) is 18.0 Å². The molecule has 0 amide bonds.